The van der Waals surface area contributed by atoms with Crippen LogP contribution in [-0.2, 0) is 12.8 Å². The Morgan fingerprint density at radius 1 is 1.14 bits per heavy atom. The summed E-state index contributed by atoms with van der Waals surface area (Å²) in [6, 6.07) is 10.3. The highest BCUT2D eigenvalue weighted by molar-refractivity contribution is 5.96. The molecule has 0 amide bonds. The molecule has 2 aromatic carbocycles. The summed E-state index contributed by atoms with van der Waals surface area (Å²) in [5.41, 5.74) is 4.36. The smallest absolute Gasteiger partial charge is 0.270 e. The van der Waals surface area contributed by atoms with Gasteiger partial charge in [0.15, 0.2) is 17.3 Å². The third-order valence-electron chi connectivity index (χ3n) is 5.12. The number of benzene rings is 2. The summed E-state index contributed by atoms with van der Waals surface area (Å²) in [5.74, 6) is 1.11. The van der Waals surface area contributed by atoms with Crippen LogP contribution in [0.3, 0.4) is 0 Å². The van der Waals surface area contributed by atoms with Crippen molar-refractivity contribution in [3.05, 3.63) is 63.3 Å². The number of ether oxygens (including phenoxy) is 2. The molecule has 1 aliphatic heterocycles. The average Bonchev–Trinajstić information content (AvgIpc) is 3.31. The number of non-ortho nitro benzene ring substituents is 1. The second-order valence-corrected chi connectivity index (χ2v) is 6.78. The van der Waals surface area contributed by atoms with Gasteiger partial charge >= 0.3 is 0 Å². The number of rotatable bonds is 3. The molecule has 0 radical (unpaired) electrons. The molecule has 0 saturated carbocycles. The minimum atomic E-state index is -0.415. The zero-order valence-electron chi connectivity index (χ0n) is 15.0. The van der Waals surface area contributed by atoms with Crippen LogP contribution < -0.4 is 9.47 Å². The molecule has 0 spiro atoms. The van der Waals surface area contributed by atoms with Gasteiger partial charge in [-0.25, -0.2) is 4.68 Å². The van der Waals surface area contributed by atoms with E-state index in [1.165, 1.54) is 13.0 Å². The van der Waals surface area contributed by atoms with E-state index in [0.29, 0.717) is 41.4 Å². The van der Waals surface area contributed by atoms with Crippen LogP contribution in [0.5, 0.6) is 11.5 Å². The SMILES string of the molecule is CC(=O)c1nn(-c2ccc3c(c2)OCO3)c2c1CCc1ccc([N+](=O)[O-])cc1-2. The first-order valence-corrected chi connectivity index (χ1v) is 8.83. The Morgan fingerprint density at radius 2 is 1.96 bits per heavy atom. The third kappa shape index (κ3) is 2.38. The molecular weight excluding hydrogens is 362 g/mol. The van der Waals surface area contributed by atoms with Crippen molar-refractivity contribution in [2.75, 3.05) is 6.79 Å². The Morgan fingerprint density at radius 3 is 2.75 bits per heavy atom. The number of nitrogens with zero attached hydrogens (tertiary/aromatic N) is 3. The number of Topliss-reactive ketones (excluding diaryl/α,β-unsaturated/α-hetero) is 1. The van der Waals surface area contributed by atoms with E-state index in [4.69, 9.17) is 9.47 Å². The molecule has 2 heterocycles. The van der Waals surface area contributed by atoms with Crippen molar-refractivity contribution in [2.24, 2.45) is 0 Å². The van der Waals surface area contributed by atoms with Crippen LogP contribution in [0, 0.1) is 10.1 Å². The van der Waals surface area contributed by atoms with E-state index in [2.05, 4.69) is 5.10 Å². The van der Waals surface area contributed by atoms with Crippen molar-refractivity contribution >= 4 is 11.5 Å². The number of carbonyl (C=O) groups is 1. The van der Waals surface area contributed by atoms with E-state index in [1.54, 1.807) is 28.9 Å². The van der Waals surface area contributed by atoms with Crippen LogP contribution in [0.25, 0.3) is 16.9 Å². The molecule has 8 heteroatoms. The Balaban J connectivity index is 1.77. The average molecular weight is 377 g/mol. The summed E-state index contributed by atoms with van der Waals surface area (Å²) in [6.07, 6.45) is 1.35. The molecule has 3 aromatic rings. The predicted molar refractivity (Wildman–Crippen MR) is 99.2 cm³/mol. The van der Waals surface area contributed by atoms with Crippen LogP contribution in [0.2, 0.25) is 0 Å². The fraction of sp³-hybridized carbons (Fsp3) is 0.200. The summed E-state index contributed by atoms with van der Waals surface area (Å²) < 4.78 is 12.5. The highest BCUT2D eigenvalue weighted by atomic mass is 16.7. The number of aromatic nitrogens is 2. The molecule has 8 nitrogen and oxygen atoms in total. The Hall–Kier alpha value is -3.68. The maximum absolute atomic E-state index is 12.2. The van der Waals surface area contributed by atoms with Crippen molar-refractivity contribution in [3.8, 4) is 28.4 Å². The normalized spacial score (nSPS) is 13.8. The summed E-state index contributed by atoms with van der Waals surface area (Å²) in [7, 11) is 0. The molecule has 0 fully saturated rings. The van der Waals surface area contributed by atoms with E-state index in [9.17, 15) is 14.9 Å². The number of hydrogen-bond acceptors (Lipinski definition) is 6. The summed E-state index contributed by atoms with van der Waals surface area (Å²) in [5, 5.41) is 15.9. The number of fused-ring (bicyclic) bond motifs is 4. The molecule has 1 aliphatic carbocycles. The number of aryl methyl sites for hydroxylation is 1. The highest BCUT2D eigenvalue weighted by Crippen LogP contribution is 2.40. The first kappa shape index (κ1) is 16.5. The van der Waals surface area contributed by atoms with Crippen molar-refractivity contribution in [1.29, 1.82) is 0 Å². The highest BCUT2D eigenvalue weighted by Gasteiger charge is 2.29. The number of hydrogen-bond donors (Lipinski definition) is 0. The van der Waals surface area contributed by atoms with Gasteiger partial charge in [0.2, 0.25) is 6.79 Å². The zero-order valence-corrected chi connectivity index (χ0v) is 15.0. The van der Waals surface area contributed by atoms with Gasteiger partial charge in [-0.3, -0.25) is 14.9 Å². The summed E-state index contributed by atoms with van der Waals surface area (Å²) in [4.78, 5) is 23.1. The fourth-order valence-electron chi connectivity index (χ4n) is 3.83. The standard InChI is InChI=1S/C20H15N3O5/c1-11(24)19-15-6-3-12-2-4-14(23(25)26)8-16(12)20(15)22(21-19)13-5-7-17-18(9-13)28-10-27-17/h2,4-5,7-9H,3,6,10H2,1H3. The molecule has 0 N–H and O–H groups in total. The molecule has 0 saturated heterocycles. The van der Waals surface area contributed by atoms with E-state index in [-0.39, 0.29) is 18.3 Å². The number of nitro benzene ring substituents is 1. The first-order valence-electron chi connectivity index (χ1n) is 8.83. The fourth-order valence-corrected chi connectivity index (χ4v) is 3.83. The minimum Gasteiger partial charge on any atom is -0.454 e. The molecular formula is C20H15N3O5. The van der Waals surface area contributed by atoms with Gasteiger partial charge < -0.3 is 9.47 Å². The largest absolute Gasteiger partial charge is 0.454 e. The molecule has 1 aromatic heterocycles. The molecule has 28 heavy (non-hydrogen) atoms. The van der Waals surface area contributed by atoms with Gasteiger partial charge in [0, 0.05) is 36.2 Å². The lowest BCUT2D eigenvalue weighted by Gasteiger charge is -2.18. The van der Waals surface area contributed by atoms with Crippen molar-refractivity contribution in [1.82, 2.24) is 9.78 Å². The second-order valence-electron chi connectivity index (χ2n) is 6.78. The lowest BCUT2D eigenvalue weighted by molar-refractivity contribution is -0.384. The van der Waals surface area contributed by atoms with E-state index in [0.717, 1.165) is 16.7 Å². The molecule has 2 aliphatic rings. The predicted octanol–water partition coefficient (Wildman–Crippen LogP) is 3.48. The summed E-state index contributed by atoms with van der Waals surface area (Å²) in [6.45, 7) is 1.64. The van der Waals surface area contributed by atoms with Gasteiger partial charge in [-0.15, -0.1) is 0 Å². The molecule has 0 atom stereocenters. The Labute approximate surface area is 159 Å². The van der Waals surface area contributed by atoms with Crippen LogP contribution in [0.1, 0.15) is 28.5 Å². The molecule has 140 valence electrons. The zero-order chi connectivity index (χ0) is 19.4. The van der Waals surface area contributed by atoms with Crippen LogP contribution in [-0.4, -0.2) is 27.3 Å². The second kappa shape index (κ2) is 5.91. The first-order chi connectivity index (χ1) is 13.5. The quantitative estimate of drug-likeness (QED) is 0.394. The van der Waals surface area contributed by atoms with Gasteiger partial charge in [-0.05, 0) is 30.5 Å². The van der Waals surface area contributed by atoms with Gasteiger partial charge in [-0.2, -0.15) is 5.10 Å². The van der Waals surface area contributed by atoms with Crippen LogP contribution in [0.4, 0.5) is 5.69 Å². The van der Waals surface area contributed by atoms with Gasteiger partial charge in [0.1, 0.15) is 5.69 Å². The van der Waals surface area contributed by atoms with E-state index < -0.39 is 4.92 Å². The lowest BCUT2D eigenvalue weighted by atomic mass is 9.88. The maximum atomic E-state index is 12.2. The van der Waals surface area contributed by atoms with Gasteiger partial charge in [0.25, 0.3) is 5.69 Å². The molecule has 5 rings (SSSR count). The van der Waals surface area contributed by atoms with Crippen molar-refractivity contribution in [3.63, 3.8) is 0 Å². The number of ketones is 1. The topological polar surface area (TPSA) is 96.5 Å². The lowest BCUT2D eigenvalue weighted by Crippen LogP contribution is -2.08. The van der Waals surface area contributed by atoms with Crippen molar-refractivity contribution in [2.45, 2.75) is 19.8 Å². The molecule has 0 unspecified atom stereocenters. The van der Waals surface area contributed by atoms with Gasteiger partial charge in [-0.1, -0.05) is 6.07 Å². The van der Waals surface area contributed by atoms with Crippen LogP contribution >= 0.6 is 0 Å². The minimum absolute atomic E-state index is 0.00871. The van der Waals surface area contributed by atoms with E-state index in [1.807, 2.05) is 6.07 Å². The van der Waals surface area contributed by atoms with Crippen LogP contribution in [0.15, 0.2) is 36.4 Å². The Bertz CT molecular complexity index is 1160. The summed E-state index contributed by atoms with van der Waals surface area (Å²) >= 11 is 0. The monoisotopic (exact) mass is 377 g/mol. The third-order valence-corrected chi connectivity index (χ3v) is 5.12. The maximum Gasteiger partial charge on any atom is 0.270 e. The Kier molecular flexibility index (Phi) is 3.48. The van der Waals surface area contributed by atoms with Gasteiger partial charge in [0.05, 0.1) is 16.3 Å². The van der Waals surface area contributed by atoms with Crippen molar-refractivity contribution < 1.29 is 19.2 Å². The molecule has 0 bridgehead atoms. The number of carbonyl (C=O) groups excluding carboxylic acids is 1. The number of nitro groups is 1. The van der Waals surface area contributed by atoms with E-state index >= 15 is 0 Å².